The quantitative estimate of drug-likeness (QED) is 0.837. The average Bonchev–Trinajstić information content (AvgIpc) is 2.64. The first-order valence-corrected chi connectivity index (χ1v) is 7.85. The van der Waals surface area contributed by atoms with Crippen molar-refractivity contribution in [3.05, 3.63) is 59.7 Å². The van der Waals surface area contributed by atoms with Gasteiger partial charge < -0.3 is 20.1 Å². The van der Waals surface area contributed by atoms with Crippen molar-refractivity contribution < 1.29 is 19.1 Å². The topological polar surface area (TPSA) is 81.9 Å². The van der Waals surface area contributed by atoms with Crippen LogP contribution in [0, 0.1) is 0 Å². The molecule has 2 aromatic carbocycles. The Morgan fingerprint density at radius 3 is 2.56 bits per heavy atom. The molecule has 132 valence electrons. The number of benzene rings is 2. The minimum absolute atomic E-state index is 0.164. The molecule has 25 heavy (non-hydrogen) atoms. The second-order valence-corrected chi connectivity index (χ2v) is 5.62. The van der Waals surface area contributed by atoms with Crippen LogP contribution in [0.15, 0.2) is 48.5 Å². The summed E-state index contributed by atoms with van der Waals surface area (Å²) in [7, 11) is 3.34. The minimum Gasteiger partial charge on any atom is -0.496 e. The summed E-state index contributed by atoms with van der Waals surface area (Å²) in [5.74, 6) is 0.415. The van der Waals surface area contributed by atoms with Crippen molar-refractivity contribution in [2.45, 2.75) is 13.0 Å². The molecule has 0 fully saturated rings. The van der Waals surface area contributed by atoms with E-state index in [1.807, 2.05) is 31.2 Å². The fourth-order valence-corrected chi connectivity index (χ4v) is 2.47. The third-order valence-corrected chi connectivity index (χ3v) is 3.95. The molecule has 0 bridgehead atoms. The third kappa shape index (κ3) is 4.50. The Morgan fingerprint density at radius 1 is 1.16 bits per heavy atom. The molecule has 0 heterocycles. The van der Waals surface area contributed by atoms with E-state index in [0.717, 1.165) is 11.3 Å². The summed E-state index contributed by atoms with van der Waals surface area (Å²) >= 11 is 0. The number of hydrogen-bond acceptors (Lipinski definition) is 4. The lowest BCUT2D eigenvalue weighted by Crippen LogP contribution is -2.30. The van der Waals surface area contributed by atoms with E-state index in [-0.39, 0.29) is 18.6 Å². The van der Waals surface area contributed by atoms with Crippen molar-refractivity contribution in [3.63, 3.8) is 0 Å². The lowest BCUT2D eigenvalue weighted by molar-refractivity contribution is -0.119. The molecule has 0 radical (unpaired) electrons. The number of methoxy groups -OCH3 is 1. The highest BCUT2D eigenvalue weighted by Crippen LogP contribution is 2.29. The van der Waals surface area contributed by atoms with Crippen LogP contribution in [-0.2, 0) is 4.79 Å². The zero-order valence-electron chi connectivity index (χ0n) is 14.6. The first-order chi connectivity index (χ1) is 11.9. The summed E-state index contributed by atoms with van der Waals surface area (Å²) in [6.07, 6.45) is 0. The molecule has 1 atom stereocenters. The van der Waals surface area contributed by atoms with Crippen LogP contribution < -0.4 is 15.2 Å². The van der Waals surface area contributed by atoms with Crippen molar-refractivity contribution in [2.24, 2.45) is 5.73 Å². The average molecular weight is 342 g/mol. The minimum atomic E-state index is -0.571. The Kier molecular flexibility index (Phi) is 6.00. The van der Waals surface area contributed by atoms with Gasteiger partial charge in [0.2, 0.25) is 0 Å². The van der Waals surface area contributed by atoms with Gasteiger partial charge in [-0.05, 0) is 31.2 Å². The molecule has 0 spiro atoms. The van der Waals surface area contributed by atoms with Crippen molar-refractivity contribution in [1.29, 1.82) is 0 Å². The Morgan fingerprint density at radius 2 is 1.88 bits per heavy atom. The van der Waals surface area contributed by atoms with Gasteiger partial charge in [-0.25, -0.2) is 0 Å². The molecule has 0 aliphatic rings. The lowest BCUT2D eigenvalue weighted by atomic mass is 10.0. The van der Waals surface area contributed by atoms with E-state index in [1.165, 1.54) is 0 Å². The molecular formula is C19H22N2O4. The Bertz CT molecular complexity index is 761. The van der Waals surface area contributed by atoms with Crippen LogP contribution in [0.25, 0.3) is 0 Å². The maximum atomic E-state index is 12.8. The van der Waals surface area contributed by atoms with E-state index in [1.54, 1.807) is 43.3 Å². The number of nitrogens with two attached hydrogens (primary N) is 1. The second kappa shape index (κ2) is 8.19. The van der Waals surface area contributed by atoms with E-state index in [2.05, 4.69) is 0 Å². The fourth-order valence-electron chi connectivity index (χ4n) is 2.47. The van der Waals surface area contributed by atoms with E-state index in [9.17, 15) is 9.59 Å². The Labute approximate surface area is 147 Å². The number of rotatable bonds is 7. The maximum Gasteiger partial charge on any atom is 0.255 e. The van der Waals surface area contributed by atoms with Crippen LogP contribution in [-0.4, -0.2) is 37.5 Å². The van der Waals surface area contributed by atoms with Crippen LogP contribution >= 0.6 is 0 Å². The van der Waals surface area contributed by atoms with Gasteiger partial charge in [0, 0.05) is 18.2 Å². The van der Waals surface area contributed by atoms with E-state index in [4.69, 9.17) is 15.2 Å². The highest BCUT2D eigenvalue weighted by atomic mass is 16.5. The van der Waals surface area contributed by atoms with Gasteiger partial charge in [0.05, 0.1) is 13.2 Å². The SMILES string of the molecule is COc1ccccc1C(C)N(C)C(=O)c1cccc(OCC(N)=O)c1. The normalized spacial score (nSPS) is 11.5. The summed E-state index contributed by atoms with van der Waals surface area (Å²) in [4.78, 5) is 25.2. The van der Waals surface area contributed by atoms with Crippen molar-refractivity contribution >= 4 is 11.8 Å². The van der Waals surface area contributed by atoms with Gasteiger partial charge >= 0.3 is 0 Å². The van der Waals surface area contributed by atoms with Crippen LogP contribution in [0.5, 0.6) is 11.5 Å². The molecule has 2 N–H and O–H groups in total. The standard InChI is InChI=1S/C19H22N2O4/c1-13(16-9-4-5-10-17(16)24-3)21(2)19(23)14-7-6-8-15(11-14)25-12-18(20)22/h4-11,13H,12H2,1-3H3,(H2,20,22). The van der Waals surface area contributed by atoms with Gasteiger partial charge in [0.25, 0.3) is 11.8 Å². The molecule has 0 aliphatic heterocycles. The predicted octanol–water partition coefficient (Wildman–Crippen LogP) is 2.39. The lowest BCUT2D eigenvalue weighted by Gasteiger charge is -2.26. The van der Waals surface area contributed by atoms with E-state index < -0.39 is 5.91 Å². The second-order valence-electron chi connectivity index (χ2n) is 5.62. The first kappa shape index (κ1) is 18.3. The molecule has 6 heteroatoms. The summed E-state index contributed by atoms with van der Waals surface area (Å²) < 4.78 is 10.6. The van der Waals surface area contributed by atoms with Crippen LogP contribution in [0.2, 0.25) is 0 Å². The largest absolute Gasteiger partial charge is 0.496 e. The van der Waals surface area contributed by atoms with Gasteiger partial charge in [0.1, 0.15) is 11.5 Å². The number of hydrogen-bond donors (Lipinski definition) is 1. The van der Waals surface area contributed by atoms with Crippen molar-refractivity contribution in [3.8, 4) is 11.5 Å². The number of carbonyl (C=O) groups is 2. The van der Waals surface area contributed by atoms with Gasteiger partial charge in [-0.3, -0.25) is 9.59 Å². The van der Waals surface area contributed by atoms with Gasteiger partial charge in [-0.1, -0.05) is 24.3 Å². The number of ether oxygens (including phenoxy) is 2. The van der Waals surface area contributed by atoms with Gasteiger partial charge in [-0.15, -0.1) is 0 Å². The molecule has 2 rings (SSSR count). The number of nitrogens with zero attached hydrogens (tertiary/aromatic N) is 1. The van der Waals surface area contributed by atoms with E-state index in [0.29, 0.717) is 11.3 Å². The summed E-state index contributed by atoms with van der Waals surface area (Å²) in [5.41, 5.74) is 6.45. The highest BCUT2D eigenvalue weighted by Gasteiger charge is 2.21. The Hall–Kier alpha value is -3.02. The Balaban J connectivity index is 2.19. The molecule has 0 aromatic heterocycles. The zero-order chi connectivity index (χ0) is 18.4. The molecule has 6 nitrogen and oxygen atoms in total. The zero-order valence-corrected chi connectivity index (χ0v) is 14.6. The smallest absolute Gasteiger partial charge is 0.255 e. The molecule has 2 aromatic rings. The maximum absolute atomic E-state index is 12.8. The number of para-hydroxylation sites is 1. The molecule has 0 saturated carbocycles. The summed E-state index contributed by atoms with van der Waals surface area (Å²) in [6, 6.07) is 14.1. The van der Waals surface area contributed by atoms with Crippen molar-refractivity contribution in [1.82, 2.24) is 4.90 Å². The van der Waals surface area contributed by atoms with Gasteiger partial charge in [0.15, 0.2) is 6.61 Å². The number of carbonyl (C=O) groups excluding carboxylic acids is 2. The van der Waals surface area contributed by atoms with Crippen molar-refractivity contribution in [2.75, 3.05) is 20.8 Å². The number of amides is 2. The highest BCUT2D eigenvalue weighted by molar-refractivity contribution is 5.94. The van der Waals surface area contributed by atoms with E-state index >= 15 is 0 Å². The van der Waals surface area contributed by atoms with Crippen LogP contribution in [0.4, 0.5) is 0 Å². The summed E-state index contributed by atoms with van der Waals surface area (Å²) in [5, 5.41) is 0. The summed E-state index contributed by atoms with van der Waals surface area (Å²) in [6.45, 7) is 1.70. The molecule has 0 saturated heterocycles. The molecule has 2 amide bonds. The number of primary amides is 1. The first-order valence-electron chi connectivity index (χ1n) is 7.85. The monoisotopic (exact) mass is 342 g/mol. The molecular weight excluding hydrogens is 320 g/mol. The van der Waals surface area contributed by atoms with Crippen LogP contribution in [0.1, 0.15) is 28.9 Å². The predicted molar refractivity (Wildman–Crippen MR) is 94.6 cm³/mol. The molecule has 1 unspecified atom stereocenters. The third-order valence-electron chi connectivity index (χ3n) is 3.95. The van der Waals surface area contributed by atoms with Crippen LogP contribution in [0.3, 0.4) is 0 Å². The molecule has 0 aliphatic carbocycles. The fraction of sp³-hybridized carbons (Fsp3) is 0.263. The van der Waals surface area contributed by atoms with Gasteiger partial charge in [-0.2, -0.15) is 0 Å².